The molecule has 1 aromatic carbocycles. The summed E-state index contributed by atoms with van der Waals surface area (Å²) in [6, 6.07) is 8.72. The van der Waals surface area contributed by atoms with E-state index in [1.54, 1.807) is 24.0 Å². The first-order chi connectivity index (χ1) is 11.0. The molecule has 1 aliphatic rings. The maximum absolute atomic E-state index is 12.3. The summed E-state index contributed by atoms with van der Waals surface area (Å²) in [5.74, 6) is -1.22. The summed E-state index contributed by atoms with van der Waals surface area (Å²) in [7, 11) is 0. The lowest BCUT2D eigenvalue weighted by atomic mass is 9.95. The maximum atomic E-state index is 12.3. The van der Waals surface area contributed by atoms with Crippen LogP contribution in [-0.4, -0.2) is 46.9 Å². The molecule has 2 N–H and O–H groups in total. The summed E-state index contributed by atoms with van der Waals surface area (Å²) in [6.45, 7) is 2.76. The third kappa shape index (κ3) is 4.81. The quantitative estimate of drug-likeness (QED) is 0.862. The van der Waals surface area contributed by atoms with Crippen LogP contribution >= 0.6 is 0 Å². The van der Waals surface area contributed by atoms with E-state index in [9.17, 15) is 14.4 Å². The number of likely N-dealkylation sites (tertiary alicyclic amines) is 1. The number of amides is 2. The lowest BCUT2D eigenvalue weighted by Crippen LogP contribution is -2.45. The number of piperidine rings is 1. The first-order valence-corrected chi connectivity index (χ1v) is 7.84. The Morgan fingerprint density at radius 3 is 2.39 bits per heavy atom. The minimum absolute atomic E-state index is 0.0105. The predicted molar refractivity (Wildman–Crippen MR) is 84.9 cm³/mol. The molecule has 2 amide bonds. The third-order valence-electron chi connectivity index (χ3n) is 4.04. The van der Waals surface area contributed by atoms with Crippen LogP contribution in [0.15, 0.2) is 30.3 Å². The lowest BCUT2D eigenvalue weighted by molar-refractivity contribution is -0.137. The Bertz CT molecular complexity index is 565. The van der Waals surface area contributed by atoms with Crippen LogP contribution in [0.4, 0.5) is 0 Å². The van der Waals surface area contributed by atoms with Gasteiger partial charge in [-0.3, -0.25) is 14.4 Å². The van der Waals surface area contributed by atoms with E-state index in [4.69, 9.17) is 5.11 Å². The van der Waals surface area contributed by atoms with E-state index in [2.05, 4.69) is 5.32 Å². The fourth-order valence-electron chi connectivity index (χ4n) is 2.78. The van der Waals surface area contributed by atoms with Crippen LogP contribution in [-0.2, 0) is 9.59 Å². The zero-order valence-corrected chi connectivity index (χ0v) is 13.2. The van der Waals surface area contributed by atoms with Crippen LogP contribution in [0.25, 0.3) is 0 Å². The van der Waals surface area contributed by atoms with Crippen LogP contribution in [0.2, 0.25) is 0 Å². The van der Waals surface area contributed by atoms with Crippen molar-refractivity contribution in [3.63, 3.8) is 0 Å². The number of rotatable bonds is 5. The number of carbonyl (C=O) groups excluding carboxylic acids is 2. The van der Waals surface area contributed by atoms with Gasteiger partial charge in [0.15, 0.2) is 0 Å². The van der Waals surface area contributed by atoms with Crippen LogP contribution in [0.3, 0.4) is 0 Å². The van der Waals surface area contributed by atoms with Crippen LogP contribution < -0.4 is 5.32 Å². The molecule has 124 valence electrons. The number of hydrogen-bond donors (Lipinski definition) is 2. The van der Waals surface area contributed by atoms with Crippen molar-refractivity contribution >= 4 is 17.8 Å². The molecule has 0 radical (unpaired) electrons. The van der Waals surface area contributed by atoms with Gasteiger partial charge in [0.1, 0.15) is 0 Å². The molecule has 0 aliphatic carbocycles. The number of aliphatic carboxylic acids is 1. The Balaban J connectivity index is 1.82. The Labute approximate surface area is 135 Å². The first-order valence-electron chi connectivity index (χ1n) is 7.84. The van der Waals surface area contributed by atoms with Gasteiger partial charge < -0.3 is 15.3 Å². The van der Waals surface area contributed by atoms with Crippen LogP contribution in [0, 0.1) is 5.92 Å². The molecule has 1 atom stereocenters. The van der Waals surface area contributed by atoms with Gasteiger partial charge in [-0.2, -0.15) is 0 Å². The summed E-state index contributed by atoms with van der Waals surface area (Å²) in [5, 5.41) is 11.4. The van der Waals surface area contributed by atoms with Crippen molar-refractivity contribution < 1.29 is 19.5 Å². The SMILES string of the molecule is CC(CC(=O)O)NC(=O)C1CCN(C(=O)c2ccccc2)CC1. The highest BCUT2D eigenvalue weighted by Crippen LogP contribution is 2.19. The number of nitrogens with one attached hydrogen (secondary N) is 1. The largest absolute Gasteiger partial charge is 0.481 e. The number of carbonyl (C=O) groups is 3. The minimum atomic E-state index is -0.930. The van der Waals surface area contributed by atoms with Gasteiger partial charge in [0, 0.05) is 30.6 Å². The molecule has 6 heteroatoms. The number of carboxylic acids is 1. The van der Waals surface area contributed by atoms with Crippen molar-refractivity contribution in [1.82, 2.24) is 10.2 Å². The highest BCUT2D eigenvalue weighted by atomic mass is 16.4. The van der Waals surface area contributed by atoms with Gasteiger partial charge in [0.05, 0.1) is 6.42 Å². The Hall–Kier alpha value is -2.37. The summed E-state index contributed by atoms with van der Waals surface area (Å²) in [6.07, 6.45) is 1.12. The topological polar surface area (TPSA) is 86.7 Å². The molecule has 1 aliphatic heterocycles. The van der Waals surface area contributed by atoms with Gasteiger partial charge in [0.2, 0.25) is 5.91 Å². The zero-order chi connectivity index (χ0) is 16.8. The van der Waals surface area contributed by atoms with Crippen LogP contribution in [0.1, 0.15) is 36.5 Å². The van der Waals surface area contributed by atoms with E-state index >= 15 is 0 Å². The van der Waals surface area contributed by atoms with E-state index < -0.39 is 5.97 Å². The van der Waals surface area contributed by atoms with Gasteiger partial charge in [-0.1, -0.05) is 18.2 Å². The molecule has 1 aromatic rings. The van der Waals surface area contributed by atoms with E-state index in [0.717, 1.165) is 0 Å². The highest BCUT2D eigenvalue weighted by molar-refractivity contribution is 5.94. The molecule has 1 heterocycles. The molecule has 1 fully saturated rings. The van der Waals surface area contributed by atoms with Crippen molar-refractivity contribution in [2.75, 3.05) is 13.1 Å². The average molecular weight is 318 g/mol. The molecule has 0 saturated carbocycles. The summed E-state index contributed by atoms with van der Waals surface area (Å²) in [5.41, 5.74) is 0.658. The predicted octanol–water partition coefficient (Wildman–Crippen LogP) is 1.52. The highest BCUT2D eigenvalue weighted by Gasteiger charge is 2.28. The van der Waals surface area contributed by atoms with Crippen molar-refractivity contribution in [1.29, 1.82) is 0 Å². The second-order valence-corrected chi connectivity index (χ2v) is 5.94. The van der Waals surface area contributed by atoms with Gasteiger partial charge in [-0.15, -0.1) is 0 Å². The molecule has 23 heavy (non-hydrogen) atoms. The number of carboxylic acid groups (broad SMARTS) is 1. The van der Waals surface area contributed by atoms with Crippen LogP contribution in [0.5, 0.6) is 0 Å². The molecular weight excluding hydrogens is 296 g/mol. The van der Waals surface area contributed by atoms with E-state index in [1.165, 1.54) is 0 Å². The van der Waals surface area contributed by atoms with Gasteiger partial charge in [-0.25, -0.2) is 0 Å². The number of nitrogens with zero attached hydrogens (tertiary/aromatic N) is 1. The van der Waals surface area contributed by atoms with E-state index in [1.807, 2.05) is 18.2 Å². The number of hydrogen-bond acceptors (Lipinski definition) is 3. The Kier molecular flexibility index (Phi) is 5.73. The molecule has 0 bridgehead atoms. The van der Waals surface area contributed by atoms with Crippen molar-refractivity contribution in [2.24, 2.45) is 5.92 Å². The summed E-state index contributed by atoms with van der Waals surface area (Å²) >= 11 is 0. The Morgan fingerprint density at radius 1 is 1.22 bits per heavy atom. The fourth-order valence-corrected chi connectivity index (χ4v) is 2.78. The molecular formula is C17H22N2O4. The molecule has 0 spiro atoms. The normalized spacial score (nSPS) is 16.7. The average Bonchev–Trinajstić information content (AvgIpc) is 2.54. The minimum Gasteiger partial charge on any atom is -0.481 e. The van der Waals surface area contributed by atoms with Gasteiger partial charge in [0.25, 0.3) is 5.91 Å². The molecule has 0 aromatic heterocycles. The van der Waals surface area contributed by atoms with E-state index in [0.29, 0.717) is 31.5 Å². The molecule has 2 rings (SSSR count). The van der Waals surface area contributed by atoms with Gasteiger partial charge in [-0.05, 0) is 31.9 Å². The molecule has 1 saturated heterocycles. The zero-order valence-electron chi connectivity index (χ0n) is 13.2. The summed E-state index contributed by atoms with van der Waals surface area (Å²) < 4.78 is 0. The standard InChI is InChI=1S/C17H22N2O4/c1-12(11-15(20)21)18-16(22)13-7-9-19(10-8-13)17(23)14-5-3-2-4-6-14/h2-6,12-13H,7-11H2,1H3,(H,18,22)(H,20,21). The van der Waals surface area contributed by atoms with Crippen molar-refractivity contribution in [2.45, 2.75) is 32.2 Å². The molecule has 6 nitrogen and oxygen atoms in total. The first kappa shape index (κ1) is 17.0. The lowest BCUT2D eigenvalue weighted by Gasteiger charge is -2.32. The second kappa shape index (κ2) is 7.76. The second-order valence-electron chi connectivity index (χ2n) is 5.94. The van der Waals surface area contributed by atoms with Gasteiger partial charge >= 0.3 is 5.97 Å². The van der Waals surface area contributed by atoms with Crippen molar-refractivity contribution in [3.05, 3.63) is 35.9 Å². The summed E-state index contributed by atoms with van der Waals surface area (Å²) in [4.78, 5) is 36.9. The van der Waals surface area contributed by atoms with Crippen molar-refractivity contribution in [3.8, 4) is 0 Å². The number of benzene rings is 1. The monoisotopic (exact) mass is 318 g/mol. The smallest absolute Gasteiger partial charge is 0.305 e. The third-order valence-corrected chi connectivity index (χ3v) is 4.04. The molecule has 1 unspecified atom stereocenters. The maximum Gasteiger partial charge on any atom is 0.305 e. The fraction of sp³-hybridized carbons (Fsp3) is 0.471. The Morgan fingerprint density at radius 2 is 1.83 bits per heavy atom. The van der Waals surface area contributed by atoms with E-state index in [-0.39, 0.29) is 30.2 Å².